The number of aromatic amines is 1. The fraction of sp³-hybridized carbons (Fsp3) is 0.333. The van der Waals surface area contributed by atoms with Crippen LogP contribution in [-0.2, 0) is 33.1 Å². The van der Waals surface area contributed by atoms with Crippen molar-refractivity contribution < 1.29 is 17.9 Å². The average molecular weight is 561 g/mol. The Morgan fingerprint density at radius 2 is 1.95 bits per heavy atom. The Balaban J connectivity index is 1.28. The molecule has 1 unspecified atom stereocenters. The lowest BCUT2D eigenvalue weighted by Crippen LogP contribution is -2.45. The molecule has 1 saturated carbocycles. The molecule has 2 aliphatic rings. The first kappa shape index (κ1) is 25.9. The largest absolute Gasteiger partial charge is 0.477 e. The summed E-state index contributed by atoms with van der Waals surface area (Å²) in [7, 11) is -3.56. The third-order valence-corrected chi connectivity index (χ3v) is 9.04. The molecule has 3 aromatic heterocycles. The number of sulfonamides is 1. The Hall–Kier alpha value is -4.39. The minimum absolute atomic E-state index is 0.0330. The molecule has 1 amide bonds. The maximum Gasteiger partial charge on any atom is 0.237 e. The van der Waals surface area contributed by atoms with Crippen LogP contribution in [0.15, 0.2) is 55.1 Å². The van der Waals surface area contributed by atoms with Crippen LogP contribution in [0.4, 0.5) is 11.6 Å². The summed E-state index contributed by atoms with van der Waals surface area (Å²) in [5.74, 6) is 0.160. The van der Waals surface area contributed by atoms with Crippen molar-refractivity contribution in [1.29, 1.82) is 0 Å². The van der Waals surface area contributed by atoms with E-state index in [0.717, 1.165) is 16.8 Å². The third-order valence-electron chi connectivity index (χ3n) is 7.22. The number of carbonyl (C=O) groups excluding carboxylic acids is 1. The highest BCUT2D eigenvalue weighted by atomic mass is 32.2. The van der Waals surface area contributed by atoms with Crippen molar-refractivity contribution in [2.24, 2.45) is 0 Å². The van der Waals surface area contributed by atoms with Gasteiger partial charge in [0.25, 0.3) is 0 Å². The van der Waals surface area contributed by atoms with E-state index in [1.54, 1.807) is 36.8 Å². The number of nitrogens with zero attached hydrogens (tertiary/aromatic N) is 5. The quantitative estimate of drug-likeness (QED) is 0.279. The van der Waals surface area contributed by atoms with Gasteiger partial charge in [-0.2, -0.15) is 5.10 Å². The number of hydrogen-bond donors (Lipinski definition) is 3. The van der Waals surface area contributed by atoms with Gasteiger partial charge in [-0.1, -0.05) is 12.1 Å². The van der Waals surface area contributed by atoms with E-state index in [-0.39, 0.29) is 11.9 Å². The number of hydrogen-bond acceptors (Lipinski definition) is 9. The highest BCUT2D eigenvalue weighted by molar-refractivity contribution is 7.93. The van der Waals surface area contributed by atoms with Gasteiger partial charge in [-0.05, 0) is 62.8 Å². The van der Waals surface area contributed by atoms with Crippen LogP contribution in [0.1, 0.15) is 43.1 Å². The predicted molar refractivity (Wildman–Crippen MR) is 147 cm³/mol. The average Bonchev–Trinajstić information content (AvgIpc) is 3.73. The van der Waals surface area contributed by atoms with E-state index in [9.17, 15) is 13.2 Å². The van der Waals surface area contributed by atoms with Crippen LogP contribution < -0.4 is 14.8 Å². The van der Waals surface area contributed by atoms with Gasteiger partial charge in [0.1, 0.15) is 0 Å². The third kappa shape index (κ3) is 5.11. The smallest absolute Gasteiger partial charge is 0.237 e. The van der Waals surface area contributed by atoms with Gasteiger partial charge in [0.05, 0.1) is 47.3 Å². The van der Waals surface area contributed by atoms with Crippen molar-refractivity contribution in [3.8, 4) is 17.1 Å². The molecule has 12 nitrogen and oxygen atoms in total. The van der Waals surface area contributed by atoms with Crippen molar-refractivity contribution in [3.63, 3.8) is 0 Å². The normalized spacial score (nSPS) is 18.5. The topological polar surface area (TPSA) is 165 Å². The monoisotopic (exact) mass is 560 g/mol. The number of carbonyl (C=O) groups is 1. The summed E-state index contributed by atoms with van der Waals surface area (Å²) < 4.78 is 33.0. The van der Waals surface area contributed by atoms with Gasteiger partial charge in [-0.3, -0.25) is 19.6 Å². The zero-order valence-corrected chi connectivity index (χ0v) is 22.6. The molecule has 2 aliphatic carbocycles. The van der Waals surface area contributed by atoms with E-state index in [0.29, 0.717) is 61.7 Å². The maximum absolute atomic E-state index is 14.0. The van der Waals surface area contributed by atoms with Gasteiger partial charge >= 0.3 is 0 Å². The Morgan fingerprint density at radius 1 is 1.12 bits per heavy atom. The lowest BCUT2D eigenvalue weighted by Gasteiger charge is -2.35. The van der Waals surface area contributed by atoms with Crippen molar-refractivity contribution >= 4 is 27.6 Å². The molecule has 0 spiro atoms. The number of ether oxygens (including phenoxy) is 1. The summed E-state index contributed by atoms with van der Waals surface area (Å²) in [6.07, 6.45) is 9.06. The SMILES string of the molecule is CCOc1cncc(-c2ccc(NC(=O)C3(c4ccnc(NS(=O)(=O)C5CC5)n4)CCc4[nH]ncc4C3)cc2)n1. The second-order valence-electron chi connectivity index (χ2n) is 9.95. The fourth-order valence-corrected chi connectivity index (χ4v) is 6.21. The molecule has 1 aromatic carbocycles. The van der Waals surface area contributed by atoms with Crippen molar-refractivity contribution in [2.75, 3.05) is 16.6 Å². The second kappa shape index (κ2) is 10.3. The number of benzene rings is 1. The zero-order chi connectivity index (χ0) is 27.7. The van der Waals surface area contributed by atoms with Crippen LogP contribution in [0.25, 0.3) is 11.3 Å². The summed E-state index contributed by atoms with van der Waals surface area (Å²) in [6, 6.07) is 8.99. The summed E-state index contributed by atoms with van der Waals surface area (Å²) in [6.45, 7) is 2.37. The molecule has 4 aromatic rings. The molecule has 0 aliphatic heterocycles. The zero-order valence-electron chi connectivity index (χ0n) is 21.8. The van der Waals surface area contributed by atoms with E-state index >= 15 is 0 Å². The Kier molecular flexibility index (Phi) is 6.66. The van der Waals surface area contributed by atoms with Gasteiger partial charge < -0.3 is 10.1 Å². The number of H-pyrrole nitrogens is 1. The summed E-state index contributed by atoms with van der Waals surface area (Å²) in [4.78, 5) is 31.4. The van der Waals surface area contributed by atoms with Gasteiger partial charge in [-0.25, -0.2) is 23.4 Å². The van der Waals surface area contributed by atoms with E-state index in [2.05, 4.69) is 40.2 Å². The number of fused-ring (bicyclic) bond motifs is 1. The molecule has 40 heavy (non-hydrogen) atoms. The van der Waals surface area contributed by atoms with Crippen LogP contribution >= 0.6 is 0 Å². The number of anilines is 2. The van der Waals surface area contributed by atoms with Crippen molar-refractivity contribution in [3.05, 3.63) is 72.1 Å². The highest BCUT2D eigenvalue weighted by Gasteiger charge is 2.45. The number of amides is 1. The second-order valence-corrected chi connectivity index (χ2v) is 11.9. The minimum Gasteiger partial charge on any atom is -0.477 e. The molecule has 6 rings (SSSR count). The van der Waals surface area contributed by atoms with Gasteiger partial charge in [0.15, 0.2) is 0 Å². The van der Waals surface area contributed by atoms with Crippen LogP contribution in [-0.4, -0.2) is 56.3 Å². The van der Waals surface area contributed by atoms with Gasteiger partial charge in [0.2, 0.25) is 27.8 Å². The molecular formula is C27H28N8O4S. The van der Waals surface area contributed by atoms with E-state index in [4.69, 9.17) is 4.74 Å². The summed E-state index contributed by atoms with van der Waals surface area (Å²) in [5.41, 5.74) is 3.36. The maximum atomic E-state index is 14.0. The molecule has 0 bridgehead atoms. The number of rotatable bonds is 9. The molecule has 206 valence electrons. The molecule has 13 heteroatoms. The van der Waals surface area contributed by atoms with E-state index in [1.165, 1.54) is 6.20 Å². The number of aromatic nitrogens is 6. The minimum atomic E-state index is -3.56. The van der Waals surface area contributed by atoms with E-state index < -0.39 is 20.7 Å². The molecule has 0 saturated heterocycles. The van der Waals surface area contributed by atoms with Crippen molar-refractivity contribution in [1.82, 2.24) is 30.1 Å². The predicted octanol–water partition coefficient (Wildman–Crippen LogP) is 3.02. The molecule has 0 radical (unpaired) electrons. The van der Waals surface area contributed by atoms with Crippen LogP contribution in [0, 0.1) is 0 Å². The highest BCUT2D eigenvalue weighted by Crippen LogP contribution is 2.39. The summed E-state index contributed by atoms with van der Waals surface area (Å²) in [5, 5.41) is 9.79. The van der Waals surface area contributed by atoms with Gasteiger partial charge in [0, 0.05) is 23.1 Å². The molecule has 1 fully saturated rings. The summed E-state index contributed by atoms with van der Waals surface area (Å²) >= 11 is 0. The van der Waals surface area contributed by atoms with Crippen molar-refractivity contribution in [2.45, 2.75) is 49.7 Å². The Bertz CT molecular complexity index is 1650. The number of aryl methyl sites for hydroxylation is 1. The first-order valence-electron chi connectivity index (χ1n) is 13.1. The van der Waals surface area contributed by atoms with Crippen LogP contribution in [0.3, 0.4) is 0 Å². The lowest BCUT2D eigenvalue weighted by molar-refractivity contribution is -0.122. The number of nitrogens with one attached hydrogen (secondary N) is 3. The van der Waals surface area contributed by atoms with E-state index in [1.807, 2.05) is 19.1 Å². The lowest BCUT2D eigenvalue weighted by atomic mass is 9.70. The fourth-order valence-electron chi connectivity index (χ4n) is 4.93. The molecule has 1 atom stereocenters. The first-order chi connectivity index (χ1) is 19.4. The standard InChI is InChI=1S/C27H28N8O4S/c1-2-39-24-16-28-15-22(32-24)17-3-5-19(6-4-17)31-25(36)27(11-9-21-18(13-27)14-30-34-21)23-10-12-29-26(33-23)35-40(37,38)20-7-8-20/h3-6,10,12,14-16,20H,2,7-9,11,13H2,1H3,(H,30,34)(H,31,36)(H,29,33,35). The van der Waals surface area contributed by atoms with Crippen LogP contribution in [0.5, 0.6) is 5.88 Å². The Morgan fingerprint density at radius 3 is 2.73 bits per heavy atom. The Labute approximate surface area is 231 Å². The molecule has 3 heterocycles. The van der Waals surface area contributed by atoms with Crippen LogP contribution in [0.2, 0.25) is 0 Å². The van der Waals surface area contributed by atoms with Gasteiger partial charge in [-0.15, -0.1) is 0 Å². The first-order valence-corrected chi connectivity index (χ1v) is 14.6. The molecular weight excluding hydrogens is 532 g/mol. The molecule has 3 N–H and O–H groups in total.